The van der Waals surface area contributed by atoms with Crippen LogP contribution in [0.3, 0.4) is 0 Å². The van der Waals surface area contributed by atoms with Crippen molar-refractivity contribution in [2.45, 2.75) is 6.92 Å². The van der Waals surface area contributed by atoms with E-state index in [0.29, 0.717) is 15.7 Å². The molecule has 0 spiro atoms. The highest BCUT2D eigenvalue weighted by Gasteiger charge is 2.11. The quantitative estimate of drug-likeness (QED) is 0.784. The van der Waals surface area contributed by atoms with Crippen molar-refractivity contribution in [1.29, 1.82) is 0 Å². The summed E-state index contributed by atoms with van der Waals surface area (Å²) in [5, 5.41) is 0.667. The number of thiazole rings is 1. The average molecular weight is 250 g/mol. The summed E-state index contributed by atoms with van der Waals surface area (Å²) < 4.78 is 13.1. The summed E-state index contributed by atoms with van der Waals surface area (Å²) in [5.41, 5.74) is 0.703. The zero-order valence-electron chi connectivity index (χ0n) is 9.48. The molecule has 1 heterocycles. The highest BCUT2D eigenvalue weighted by atomic mass is 32.1. The molecular weight excluding hydrogens is 239 g/mol. The van der Waals surface area contributed by atoms with E-state index in [4.69, 9.17) is 0 Å². The molecule has 88 valence electrons. The molecule has 0 aliphatic rings. The molecule has 1 aromatic carbocycles. The number of halogens is 1. The lowest BCUT2D eigenvalue weighted by molar-refractivity contribution is 0.102. The monoisotopic (exact) mass is 250 g/mol. The van der Waals surface area contributed by atoms with E-state index in [1.807, 2.05) is 0 Å². The minimum Gasteiger partial charge on any atom is -0.321 e. The number of benzene rings is 1. The maximum absolute atomic E-state index is 13.1. The van der Waals surface area contributed by atoms with Gasteiger partial charge in [0.2, 0.25) is 0 Å². The Hall–Kier alpha value is -1.75. The van der Waals surface area contributed by atoms with Gasteiger partial charge in [-0.3, -0.25) is 4.79 Å². The molecule has 0 amide bonds. The molecule has 0 fully saturated rings. The minimum atomic E-state index is -0.294. The van der Waals surface area contributed by atoms with Crippen molar-refractivity contribution in [2.24, 2.45) is 0 Å². The first-order chi connectivity index (χ1) is 8.08. The smallest absolute Gasteiger partial charge is 0.190 e. The van der Waals surface area contributed by atoms with E-state index >= 15 is 0 Å². The van der Waals surface area contributed by atoms with Crippen molar-refractivity contribution in [1.82, 2.24) is 4.98 Å². The summed E-state index contributed by atoms with van der Waals surface area (Å²) in [5.74, 6) is -0.306. The maximum atomic E-state index is 13.1. The number of hydrogen-bond acceptors (Lipinski definition) is 4. The van der Waals surface area contributed by atoms with Gasteiger partial charge in [0.15, 0.2) is 10.9 Å². The lowest BCUT2D eigenvalue weighted by atomic mass is 10.3. The molecule has 0 N–H and O–H groups in total. The maximum Gasteiger partial charge on any atom is 0.190 e. The molecule has 5 heteroatoms. The van der Waals surface area contributed by atoms with E-state index < -0.39 is 0 Å². The van der Waals surface area contributed by atoms with Gasteiger partial charge in [-0.05, 0) is 18.2 Å². The average Bonchev–Trinajstić information content (AvgIpc) is 2.77. The second-order valence-corrected chi connectivity index (χ2v) is 4.61. The lowest BCUT2D eigenvalue weighted by Gasteiger charge is -2.15. The molecule has 0 aliphatic carbocycles. The third kappa shape index (κ3) is 2.50. The van der Waals surface area contributed by atoms with Crippen molar-refractivity contribution in [3.05, 3.63) is 41.2 Å². The normalized spacial score (nSPS) is 10.3. The van der Waals surface area contributed by atoms with Crippen LogP contribution in [0.15, 0.2) is 30.5 Å². The molecule has 0 radical (unpaired) electrons. The summed E-state index contributed by atoms with van der Waals surface area (Å²) >= 11 is 1.29. The number of hydrogen-bond donors (Lipinski definition) is 0. The number of carbonyl (C=O) groups is 1. The second kappa shape index (κ2) is 4.63. The Morgan fingerprint density at radius 2 is 2.24 bits per heavy atom. The number of aromatic nitrogens is 1. The first-order valence-corrected chi connectivity index (χ1v) is 5.85. The minimum absolute atomic E-state index is 0.0126. The molecular formula is C12H11FN2OS. The largest absolute Gasteiger partial charge is 0.321 e. The van der Waals surface area contributed by atoms with E-state index in [-0.39, 0.29) is 11.6 Å². The Morgan fingerprint density at radius 3 is 2.82 bits per heavy atom. The van der Waals surface area contributed by atoms with Crippen LogP contribution < -0.4 is 4.90 Å². The van der Waals surface area contributed by atoms with Gasteiger partial charge in [-0.15, -0.1) is 0 Å². The van der Waals surface area contributed by atoms with E-state index in [1.54, 1.807) is 24.1 Å². The van der Waals surface area contributed by atoms with Crippen molar-refractivity contribution < 1.29 is 9.18 Å². The lowest BCUT2D eigenvalue weighted by Crippen LogP contribution is -2.08. The van der Waals surface area contributed by atoms with Gasteiger partial charge in [0.25, 0.3) is 0 Å². The fourth-order valence-electron chi connectivity index (χ4n) is 1.38. The third-order valence-electron chi connectivity index (χ3n) is 2.32. The first kappa shape index (κ1) is 11.7. The predicted octanol–water partition coefficient (Wildman–Crippen LogP) is 3.25. The third-order valence-corrected chi connectivity index (χ3v) is 3.50. The van der Waals surface area contributed by atoms with E-state index in [2.05, 4.69) is 4.98 Å². The van der Waals surface area contributed by atoms with Gasteiger partial charge >= 0.3 is 0 Å². The van der Waals surface area contributed by atoms with Crippen LogP contribution in [0.25, 0.3) is 0 Å². The van der Waals surface area contributed by atoms with Crippen LogP contribution in [0.2, 0.25) is 0 Å². The molecule has 0 atom stereocenters. The van der Waals surface area contributed by atoms with Crippen molar-refractivity contribution >= 4 is 27.9 Å². The summed E-state index contributed by atoms with van der Waals surface area (Å²) in [6.45, 7) is 1.50. The zero-order chi connectivity index (χ0) is 12.4. The van der Waals surface area contributed by atoms with E-state index in [0.717, 1.165) is 0 Å². The number of ketones is 1. The molecule has 0 unspecified atom stereocenters. The first-order valence-electron chi connectivity index (χ1n) is 5.04. The molecule has 0 aliphatic heterocycles. The number of anilines is 2. The number of carbonyl (C=O) groups excluding carboxylic acids is 1. The molecule has 17 heavy (non-hydrogen) atoms. The Balaban J connectivity index is 2.30. The van der Waals surface area contributed by atoms with Gasteiger partial charge in [-0.2, -0.15) is 0 Å². The standard InChI is InChI=1S/C12H11FN2OS/c1-8(16)11-7-14-12(17-11)15(2)10-5-3-4-9(13)6-10/h3-7H,1-2H3. The molecule has 2 rings (SSSR count). The highest BCUT2D eigenvalue weighted by molar-refractivity contribution is 7.17. The van der Waals surface area contributed by atoms with Crippen molar-refractivity contribution in [3.63, 3.8) is 0 Å². The number of rotatable bonds is 3. The molecule has 2 aromatic rings. The van der Waals surface area contributed by atoms with Crippen LogP contribution in [0.1, 0.15) is 16.6 Å². The van der Waals surface area contributed by atoms with Crippen molar-refractivity contribution in [3.8, 4) is 0 Å². The van der Waals surface area contributed by atoms with Gasteiger partial charge < -0.3 is 4.90 Å². The fourth-order valence-corrected chi connectivity index (χ4v) is 2.17. The molecule has 0 bridgehead atoms. The molecule has 0 saturated heterocycles. The fraction of sp³-hybridized carbons (Fsp3) is 0.167. The molecule has 0 saturated carbocycles. The van der Waals surface area contributed by atoms with Crippen LogP contribution in [-0.4, -0.2) is 17.8 Å². The molecule has 3 nitrogen and oxygen atoms in total. The van der Waals surface area contributed by atoms with Crippen LogP contribution in [0.5, 0.6) is 0 Å². The van der Waals surface area contributed by atoms with Crippen LogP contribution in [0.4, 0.5) is 15.2 Å². The Morgan fingerprint density at radius 1 is 1.47 bits per heavy atom. The number of nitrogens with zero attached hydrogens (tertiary/aromatic N) is 2. The van der Waals surface area contributed by atoms with Crippen molar-refractivity contribution in [2.75, 3.05) is 11.9 Å². The zero-order valence-corrected chi connectivity index (χ0v) is 10.3. The SMILES string of the molecule is CC(=O)c1cnc(N(C)c2cccc(F)c2)s1. The van der Waals surface area contributed by atoms with Gasteiger partial charge in [-0.25, -0.2) is 9.37 Å². The molecule has 1 aromatic heterocycles. The second-order valence-electron chi connectivity index (χ2n) is 3.60. The van der Waals surface area contributed by atoms with Gasteiger partial charge in [0.05, 0.1) is 11.1 Å². The number of Topliss-reactive ketones (excluding diaryl/α,β-unsaturated/α-hetero) is 1. The summed E-state index contributed by atoms with van der Waals surface area (Å²) in [7, 11) is 1.79. The Labute approximate surface area is 103 Å². The van der Waals surface area contributed by atoms with Gasteiger partial charge in [0, 0.05) is 19.7 Å². The van der Waals surface area contributed by atoms with E-state index in [1.165, 1.54) is 36.6 Å². The van der Waals surface area contributed by atoms with E-state index in [9.17, 15) is 9.18 Å². The van der Waals surface area contributed by atoms with Gasteiger partial charge in [-0.1, -0.05) is 17.4 Å². The summed E-state index contributed by atoms with van der Waals surface area (Å²) in [4.78, 5) is 17.7. The van der Waals surface area contributed by atoms with Crippen LogP contribution in [-0.2, 0) is 0 Å². The predicted molar refractivity (Wildman–Crippen MR) is 66.6 cm³/mol. The van der Waals surface area contributed by atoms with Gasteiger partial charge in [0.1, 0.15) is 5.82 Å². The van der Waals surface area contributed by atoms with Crippen LogP contribution in [0, 0.1) is 5.82 Å². The summed E-state index contributed by atoms with van der Waals surface area (Å²) in [6, 6.07) is 6.24. The summed E-state index contributed by atoms with van der Waals surface area (Å²) in [6.07, 6.45) is 1.54. The Kier molecular flexibility index (Phi) is 3.19. The topological polar surface area (TPSA) is 33.2 Å². The Bertz CT molecular complexity index is 553. The highest BCUT2D eigenvalue weighted by Crippen LogP contribution is 2.28. The van der Waals surface area contributed by atoms with Crippen LogP contribution >= 0.6 is 11.3 Å².